The highest BCUT2D eigenvalue weighted by molar-refractivity contribution is 4.86. The van der Waals surface area contributed by atoms with Crippen LogP contribution in [0.4, 0.5) is 0 Å². The van der Waals surface area contributed by atoms with Crippen molar-refractivity contribution in [1.29, 1.82) is 0 Å². The first-order valence-electron chi connectivity index (χ1n) is 3.56. The number of ether oxygens (including phenoxy) is 2. The number of rotatable bonds is 2. The molecule has 10 heavy (non-hydrogen) atoms. The fourth-order valence-electron chi connectivity index (χ4n) is 1.42. The van der Waals surface area contributed by atoms with E-state index in [1.54, 1.807) is 14.2 Å². The maximum atomic E-state index is 5.28. The lowest BCUT2D eigenvalue weighted by atomic mass is 10.1. The average molecular weight is 145 g/mol. The topological polar surface area (TPSA) is 30.5 Å². The molecule has 1 N–H and O–H groups in total. The van der Waals surface area contributed by atoms with Crippen LogP contribution < -0.4 is 5.32 Å². The van der Waals surface area contributed by atoms with Gasteiger partial charge in [0.05, 0.1) is 6.54 Å². The molecule has 0 saturated carbocycles. The van der Waals surface area contributed by atoms with Crippen molar-refractivity contribution in [3.05, 3.63) is 0 Å². The first kappa shape index (κ1) is 7.98. The van der Waals surface area contributed by atoms with Gasteiger partial charge in [-0.2, -0.15) is 0 Å². The molecule has 0 aliphatic carbocycles. The van der Waals surface area contributed by atoms with Gasteiger partial charge in [0.25, 0.3) is 0 Å². The summed E-state index contributed by atoms with van der Waals surface area (Å²) in [6, 6.07) is 0. The normalized spacial score (nSPS) is 30.9. The van der Waals surface area contributed by atoms with E-state index in [9.17, 15) is 0 Å². The third-order valence-corrected chi connectivity index (χ3v) is 2.26. The summed E-state index contributed by atoms with van der Waals surface area (Å²) in [5.41, 5.74) is 0. The quantitative estimate of drug-likeness (QED) is 0.564. The van der Waals surface area contributed by atoms with Crippen LogP contribution in [0.3, 0.4) is 0 Å². The molecule has 1 rings (SSSR count). The van der Waals surface area contributed by atoms with Gasteiger partial charge < -0.3 is 14.8 Å². The molecule has 0 aromatic heterocycles. The molecule has 1 unspecified atom stereocenters. The summed E-state index contributed by atoms with van der Waals surface area (Å²) in [7, 11) is 3.38. The SMILES string of the molecule is COC1(OC)CNCC1C. The van der Waals surface area contributed by atoms with E-state index >= 15 is 0 Å². The van der Waals surface area contributed by atoms with Crippen molar-refractivity contribution in [2.45, 2.75) is 12.7 Å². The van der Waals surface area contributed by atoms with Gasteiger partial charge >= 0.3 is 0 Å². The second-order valence-electron chi connectivity index (χ2n) is 2.75. The third kappa shape index (κ3) is 1.05. The van der Waals surface area contributed by atoms with Gasteiger partial charge in [-0.1, -0.05) is 6.92 Å². The van der Waals surface area contributed by atoms with Crippen LogP contribution in [-0.4, -0.2) is 33.1 Å². The number of hydrogen-bond donors (Lipinski definition) is 1. The van der Waals surface area contributed by atoms with Gasteiger partial charge in [-0.3, -0.25) is 0 Å². The Morgan fingerprint density at radius 1 is 1.40 bits per heavy atom. The monoisotopic (exact) mass is 145 g/mol. The zero-order valence-corrected chi connectivity index (χ0v) is 6.81. The fraction of sp³-hybridized carbons (Fsp3) is 1.00. The summed E-state index contributed by atoms with van der Waals surface area (Å²) in [4.78, 5) is 0. The Bertz CT molecular complexity index is 112. The van der Waals surface area contributed by atoms with E-state index in [1.165, 1.54) is 0 Å². The molecule has 1 fully saturated rings. The van der Waals surface area contributed by atoms with Gasteiger partial charge in [-0.15, -0.1) is 0 Å². The number of nitrogens with one attached hydrogen (secondary N) is 1. The molecule has 0 bridgehead atoms. The second kappa shape index (κ2) is 2.86. The average Bonchev–Trinajstić information content (AvgIpc) is 2.32. The Kier molecular flexibility index (Phi) is 2.28. The molecule has 0 aromatic carbocycles. The van der Waals surface area contributed by atoms with Crippen LogP contribution in [0.5, 0.6) is 0 Å². The summed E-state index contributed by atoms with van der Waals surface area (Å²) in [6.07, 6.45) is 0. The van der Waals surface area contributed by atoms with E-state index in [2.05, 4.69) is 12.2 Å². The van der Waals surface area contributed by atoms with Crippen molar-refractivity contribution >= 4 is 0 Å². The largest absolute Gasteiger partial charge is 0.352 e. The first-order chi connectivity index (χ1) is 4.75. The Morgan fingerprint density at radius 2 is 2.00 bits per heavy atom. The summed E-state index contributed by atoms with van der Waals surface area (Å²) in [5, 5.41) is 3.21. The molecule has 1 aliphatic rings. The number of methoxy groups -OCH3 is 2. The predicted molar refractivity (Wildman–Crippen MR) is 38.8 cm³/mol. The Hall–Kier alpha value is -0.120. The smallest absolute Gasteiger partial charge is 0.183 e. The molecule has 0 radical (unpaired) electrons. The minimum atomic E-state index is -0.375. The Labute approximate surface area is 61.7 Å². The van der Waals surface area contributed by atoms with E-state index < -0.39 is 0 Å². The van der Waals surface area contributed by atoms with Crippen molar-refractivity contribution in [1.82, 2.24) is 5.32 Å². The van der Waals surface area contributed by atoms with Gasteiger partial charge in [0, 0.05) is 26.7 Å². The lowest BCUT2D eigenvalue weighted by molar-refractivity contribution is -0.213. The second-order valence-corrected chi connectivity index (χ2v) is 2.75. The van der Waals surface area contributed by atoms with Crippen molar-refractivity contribution < 1.29 is 9.47 Å². The molecule has 1 aliphatic heterocycles. The summed E-state index contributed by atoms with van der Waals surface area (Å²) >= 11 is 0. The number of hydrogen-bond acceptors (Lipinski definition) is 3. The van der Waals surface area contributed by atoms with Gasteiger partial charge in [-0.25, -0.2) is 0 Å². The van der Waals surface area contributed by atoms with E-state index in [0.29, 0.717) is 5.92 Å². The molecule has 3 heteroatoms. The first-order valence-corrected chi connectivity index (χ1v) is 3.56. The van der Waals surface area contributed by atoms with Crippen LogP contribution in [0.2, 0.25) is 0 Å². The zero-order valence-electron chi connectivity index (χ0n) is 6.81. The highest BCUT2D eigenvalue weighted by atomic mass is 16.7. The van der Waals surface area contributed by atoms with E-state index in [0.717, 1.165) is 13.1 Å². The lowest BCUT2D eigenvalue weighted by Crippen LogP contribution is -2.40. The van der Waals surface area contributed by atoms with E-state index in [1.807, 2.05) is 0 Å². The van der Waals surface area contributed by atoms with Crippen molar-refractivity contribution in [3.63, 3.8) is 0 Å². The molecular weight excluding hydrogens is 130 g/mol. The van der Waals surface area contributed by atoms with Crippen molar-refractivity contribution in [3.8, 4) is 0 Å². The lowest BCUT2D eigenvalue weighted by Gasteiger charge is -2.29. The fourth-order valence-corrected chi connectivity index (χ4v) is 1.42. The Morgan fingerprint density at radius 3 is 2.20 bits per heavy atom. The third-order valence-electron chi connectivity index (χ3n) is 2.26. The van der Waals surface area contributed by atoms with E-state index in [-0.39, 0.29) is 5.79 Å². The van der Waals surface area contributed by atoms with Crippen LogP contribution in [0.25, 0.3) is 0 Å². The molecule has 60 valence electrons. The summed E-state index contributed by atoms with van der Waals surface area (Å²) in [6.45, 7) is 3.88. The maximum absolute atomic E-state index is 5.28. The van der Waals surface area contributed by atoms with Gasteiger partial charge in [-0.05, 0) is 0 Å². The van der Waals surface area contributed by atoms with Crippen LogP contribution >= 0.6 is 0 Å². The van der Waals surface area contributed by atoms with Crippen LogP contribution in [0.15, 0.2) is 0 Å². The molecule has 0 aromatic rings. The molecule has 1 saturated heterocycles. The van der Waals surface area contributed by atoms with Gasteiger partial charge in [0.2, 0.25) is 0 Å². The minimum absolute atomic E-state index is 0.375. The van der Waals surface area contributed by atoms with E-state index in [4.69, 9.17) is 9.47 Å². The molecular formula is C7H15NO2. The highest BCUT2D eigenvalue weighted by Crippen LogP contribution is 2.25. The van der Waals surface area contributed by atoms with Gasteiger partial charge in [0.1, 0.15) is 0 Å². The highest BCUT2D eigenvalue weighted by Gasteiger charge is 2.40. The zero-order chi connectivity index (χ0) is 7.61. The molecule has 1 atom stereocenters. The molecule has 1 heterocycles. The summed E-state index contributed by atoms with van der Waals surface area (Å²) < 4.78 is 10.6. The predicted octanol–water partition coefficient (Wildman–Crippen LogP) is 0.215. The van der Waals surface area contributed by atoms with Gasteiger partial charge in [0.15, 0.2) is 5.79 Å². The van der Waals surface area contributed by atoms with Crippen molar-refractivity contribution in [2.75, 3.05) is 27.3 Å². The van der Waals surface area contributed by atoms with Crippen LogP contribution in [-0.2, 0) is 9.47 Å². The molecule has 0 spiro atoms. The molecule has 0 amide bonds. The van der Waals surface area contributed by atoms with Crippen LogP contribution in [0, 0.1) is 5.92 Å². The van der Waals surface area contributed by atoms with Crippen molar-refractivity contribution in [2.24, 2.45) is 5.92 Å². The summed E-state index contributed by atoms with van der Waals surface area (Å²) in [5.74, 6) is 0.0579. The minimum Gasteiger partial charge on any atom is -0.352 e. The Balaban J connectivity index is 2.61. The van der Waals surface area contributed by atoms with Crippen LogP contribution in [0.1, 0.15) is 6.92 Å². The maximum Gasteiger partial charge on any atom is 0.183 e. The standard InChI is InChI=1S/C7H15NO2/c1-6-4-8-5-7(6,9-2)10-3/h6,8H,4-5H2,1-3H3. The molecule has 3 nitrogen and oxygen atoms in total.